The van der Waals surface area contributed by atoms with Crippen LogP contribution in [0.3, 0.4) is 0 Å². The quantitative estimate of drug-likeness (QED) is 0.557. The molecule has 0 aromatic carbocycles. The highest BCUT2D eigenvalue weighted by Gasteiger charge is 2.27. The van der Waals surface area contributed by atoms with Gasteiger partial charge in [-0.15, -0.1) is 11.3 Å². The van der Waals surface area contributed by atoms with Crippen molar-refractivity contribution in [2.75, 3.05) is 6.61 Å². The van der Waals surface area contributed by atoms with Crippen molar-refractivity contribution in [1.82, 2.24) is 25.0 Å². The van der Waals surface area contributed by atoms with Gasteiger partial charge in [0.2, 0.25) is 0 Å². The van der Waals surface area contributed by atoms with E-state index in [0.717, 1.165) is 45.7 Å². The Hall–Kier alpha value is -3.38. The van der Waals surface area contributed by atoms with Crippen LogP contribution in [0, 0.1) is 11.3 Å². The number of aromatic amines is 2. The monoisotopic (exact) mass is 392 g/mol. The maximum absolute atomic E-state index is 12.9. The van der Waals surface area contributed by atoms with Gasteiger partial charge in [-0.2, -0.15) is 15.5 Å². The minimum atomic E-state index is -0.211. The van der Waals surface area contributed by atoms with E-state index in [4.69, 9.17) is 10.00 Å². The number of pyridine rings is 1. The van der Waals surface area contributed by atoms with Crippen LogP contribution in [-0.4, -0.2) is 31.6 Å². The van der Waals surface area contributed by atoms with Gasteiger partial charge in [-0.3, -0.25) is 14.6 Å². The molecule has 140 valence electrons. The van der Waals surface area contributed by atoms with E-state index in [-0.39, 0.29) is 11.6 Å². The Morgan fingerprint density at radius 2 is 2.32 bits per heavy atom. The van der Waals surface area contributed by atoms with Crippen molar-refractivity contribution in [3.63, 3.8) is 0 Å². The van der Waals surface area contributed by atoms with Crippen LogP contribution < -0.4 is 10.3 Å². The number of nitrogens with zero attached hydrogens (tertiary/aromatic N) is 4. The van der Waals surface area contributed by atoms with Crippen molar-refractivity contribution in [1.29, 1.82) is 5.26 Å². The lowest BCUT2D eigenvalue weighted by Gasteiger charge is -2.17. The second-order valence-corrected chi connectivity index (χ2v) is 7.77. The lowest BCUT2D eigenvalue weighted by Crippen LogP contribution is -2.18. The molecular formula is C19H16N6O2S. The maximum Gasteiger partial charge on any atom is 0.266 e. The van der Waals surface area contributed by atoms with Gasteiger partial charge < -0.3 is 9.72 Å². The molecule has 4 aromatic heterocycles. The predicted octanol–water partition coefficient (Wildman–Crippen LogP) is 2.98. The van der Waals surface area contributed by atoms with E-state index in [9.17, 15) is 4.79 Å². The second kappa shape index (κ2) is 6.35. The van der Waals surface area contributed by atoms with Gasteiger partial charge in [-0.25, -0.2) is 0 Å². The summed E-state index contributed by atoms with van der Waals surface area (Å²) in [7, 11) is 0. The second-order valence-electron chi connectivity index (χ2n) is 6.75. The number of hydrogen-bond acceptors (Lipinski definition) is 6. The van der Waals surface area contributed by atoms with Gasteiger partial charge in [0, 0.05) is 29.0 Å². The van der Waals surface area contributed by atoms with Crippen LogP contribution >= 0.6 is 11.3 Å². The molecule has 5 rings (SSSR count). The fourth-order valence-corrected chi connectivity index (χ4v) is 4.87. The molecule has 0 fully saturated rings. The van der Waals surface area contributed by atoms with Crippen molar-refractivity contribution < 1.29 is 4.74 Å². The van der Waals surface area contributed by atoms with E-state index in [2.05, 4.69) is 26.3 Å². The molecule has 0 saturated carbocycles. The summed E-state index contributed by atoms with van der Waals surface area (Å²) in [5.41, 5.74) is 3.15. The first-order valence-electron chi connectivity index (χ1n) is 8.95. The van der Waals surface area contributed by atoms with Gasteiger partial charge in [-0.05, 0) is 25.3 Å². The number of nitrogens with one attached hydrogen (secondary N) is 2. The summed E-state index contributed by atoms with van der Waals surface area (Å²) in [6, 6.07) is 1.88. The van der Waals surface area contributed by atoms with Crippen LogP contribution in [0.5, 0.6) is 5.75 Å². The number of aryl methyl sites for hydroxylation is 1. The Labute approximate surface area is 163 Å². The SMILES string of the molecule is CC(c1[nH]c(=O)c2sc(-c3cn[nH]c3)c3c2c1CCCO3)n1cc(C#N)cn1. The molecule has 8 nitrogen and oxygen atoms in total. The zero-order valence-corrected chi connectivity index (χ0v) is 15.8. The molecule has 9 heteroatoms. The van der Waals surface area contributed by atoms with Crippen molar-refractivity contribution >= 4 is 21.4 Å². The fourth-order valence-electron chi connectivity index (χ4n) is 3.72. The number of ether oxygens (including phenoxy) is 1. The summed E-state index contributed by atoms with van der Waals surface area (Å²) in [5.74, 6) is 0.756. The van der Waals surface area contributed by atoms with E-state index in [1.165, 1.54) is 17.5 Å². The molecule has 1 aliphatic rings. The number of hydrogen-bond donors (Lipinski definition) is 2. The Morgan fingerprint density at radius 1 is 1.43 bits per heavy atom. The van der Waals surface area contributed by atoms with E-state index in [1.807, 2.05) is 6.92 Å². The third-order valence-electron chi connectivity index (χ3n) is 5.07. The molecule has 0 spiro atoms. The molecule has 1 unspecified atom stereocenters. The topological polar surface area (TPSA) is 112 Å². The maximum atomic E-state index is 12.9. The zero-order valence-electron chi connectivity index (χ0n) is 15.0. The average Bonchev–Trinajstić information content (AvgIpc) is 3.42. The van der Waals surface area contributed by atoms with Gasteiger partial charge in [0.05, 0.1) is 35.5 Å². The molecule has 5 heterocycles. The first kappa shape index (κ1) is 16.8. The number of nitriles is 1. The Morgan fingerprint density at radius 3 is 3.07 bits per heavy atom. The van der Waals surface area contributed by atoms with E-state index >= 15 is 0 Å². The van der Waals surface area contributed by atoms with Gasteiger partial charge in [0.25, 0.3) is 5.56 Å². The Balaban J connectivity index is 1.77. The lowest BCUT2D eigenvalue weighted by molar-refractivity contribution is 0.321. The van der Waals surface area contributed by atoms with Crippen LogP contribution in [-0.2, 0) is 6.42 Å². The number of aromatic nitrogens is 5. The highest BCUT2D eigenvalue weighted by atomic mass is 32.1. The van der Waals surface area contributed by atoms with Crippen molar-refractivity contribution in [3.05, 3.63) is 52.0 Å². The third-order valence-corrected chi connectivity index (χ3v) is 6.29. The average molecular weight is 392 g/mol. The zero-order chi connectivity index (χ0) is 19.3. The van der Waals surface area contributed by atoms with Gasteiger partial charge in [0.15, 0.2) is 0 Å². The molecule has 0 amide bonds. The van der Waals surface area contributed by atoms with E-state index in [0.29, 0.717) is 16.9 Å². The molecule has 0 radical (unpaired) electrons. The lowest BCUT2D eigenvalue weighted by atomic mass is 10.00. The summed E-state index contributed by atoms with van der Waals surface area (Å²) in [6.07, 6.45) is 8.42. The largest absolute Gasteiger partial charge is 0.491 e. The molecule has 2 N–H and O–H groups in total. The molecule has 1 atom stereocenters. The smallest absolute Gasteiger partial charge is 0.266 e. The van der Waals surface area contributed by atoms with Crippen LogP contribution in [0.2, 0.25) is 0 Å². The summed E-state index contributed by atoms with van der Waals surface area (Å²) in [4.78, 5) is 16.9. The van der Waals surface area contributed by atoms with Crippen LogP contribution in [0.15, 0.2) is 29.6 Å². The molecular weight excluding hydrogens is 376 g/mol. The van der Waals surface area contributed by atoms with Crippen molar-refractivity contribution in [2.45, 2.75) is 25.8 Å². The van der Waals surface area contributed by atoms with Crippen molar-refractivity contribution in [3.8, 4) is 22.3 Å². The summed E-state index contributed by atoms with van der Waals surface area (Å²) < 4.78 is 8.46. The van der Waals surface area contributed by atoms with Crippen molar-refractivity contribution in [2.24, 2.45) is 0 Å². The molecule has 1 aliphatic heterocycles. The molecule has 0 saturated heterocycles. The highest BCUT2D eigenvalue weighted by Crippen LogP contribution is 2.46. The van der Waals surface area contributed by atoms with E-state index < -0.39 is 0 Å². The number of rotatable bonds is 3. The molecule has 4 aromatic rings. The van der Waals surface area contributed by atoms with Crippen LogP contribution in [0.4, 0.5) is 0 Å². The van der Waals surface area contributed by atoms with E-state index in [1.54, 1.807) is 23.3 Å². The number of thiophene rings is 1. The summed E-state index contributed by atoms with van der Waals surface area (Å²) in [6.45, 7) is 2.56. The van der Waals surface area contributed by atoms with Gasteiger partial charge in [0.1, 0.15) is 16.5 Å². The normalized spacial score (nSPS) is 14.4. The third kappa shape index (κ3) is 2.46. The van der Waals surface area contributed by atoms with Gasteiger partial charge >= 0.3 is 0 Å². The summed E-state index contributed by atoms with van der Waals surface area (Å²) >= 11 is 1.43. The van der Waals surface area contributed by atoms with Crippen LogP contribution in [0.25, 0.3) is 20.5 Å². The Bertz CT molecular complexity index is 1270. The number of H-pyrrole nitrogens is 2. The minimum Gasteiger partial charge on any atom is -0.491 e. The fraction of sp³-hybridized carbons (Fsp3) is 0.263. The molecule has 0 aliphatic carbocycles. The Kier molecular flexibility index (Phi) is 3.80. The predicted molar refractivity (Wildman–Crippen MR) is 105 cm³/mol. The molecule has 28 heavy (non-hydrogen) atoms. The minimum absolute atomic E-state index is 0.139. The highest BCUT2D eigenvalue weighted by molar-refractivity contribution is 7.22. The first-order valence-corrected chi connectivity index (χ1v) is 9.76. The first-order chi connectivity index (χ1) is 13.7. The van der Waals surface area contributed by atoms with Crippen LogP contribution in [0.1, 0.15) is 36.2 Å². The molecule has 0 bridgehead atoms. The standard InChI is InChI=1S/C19H16N6O2S/c1-10(25-9-11(5-20)6-23-25)15-13-3-2-4-27-16-14(13)18(19(26)24-15)28-17(16)12-7-21-22-8-12/h6-10H,2-4H2,1H3,(H,21,22)(H,24,26). The van der Waals surface area contributed by atoms with Gasteiger partial charge in [-0.1, -0.05) is 0 Å². The summed E-state index contributed by atoms with van der Waals surface area (Å²) in [5, 5.41) is 21.1.